The number of hydrogen-bond acceptors (Lipinski definition) is 4. The number of nitrogens with one attached hydrogen (secondary N) is 1. The number of carbonyl (C=O) groups is 2. The highest BCUT2D eigenvalue weighted by molar-refractivity contribution is 7.98. The normalized spacial score (nSPS) is 18.7. The van der Waals surface area contributed by atoms with Crippen LogP contribution in [0.5, 0.6) is 0 Å². The van der Waals surface area contributed by atoms with Crippen LogP contribution < -0.4 is 10.2 Å². The predicted octanol–water partition coefficient (Wildman–Crippen LogP) is 4.13. The minimum absolute atomic E-state index is 0.0887. The molecule has 0 aromatic heterocycles. The van der Waals surface area contributed by atoms with E-state index in [1.807, 2.05) is 36.4 Å². The van der Waals surface area contributed by atoms with Crippen molar-refractivity contribution in [2.45, 2.75) is 43.3 Å². The summed E-state index contributed by atoms with van der Waals surface area (Å²) in [5.74, 6) is -0.0308. The second kappa shape index (κ2) is 8.49. The van der Waals surface area contributed by atoms with Crippen LogP contribution >= 0.6 is 11.8 Å². The van der Waals surface area contributed by atoms with E-state index in [9.17, 15) is 9.59 Å². The number of fused-ring (bicyclic) bond motifs is 2. The van der Waals surface area contributed by atoms with Crippen LogP contribution in [0.4, 0.5) is 5.69 Å². The van der Waals surface area contributed by atoms with Crippen LogP contribution in [0.15, 0.2) is 47.4 Å². The number of thioether (sulfide) groups is 1. The molecule has 0 radical (unpaired) electrons. The second-order valence-electron chi connectivity index (χ2n) is 7.70. The fourth-order valence-electron chi connectivity index (χ4n) is 4.22. The first kappa shape index (κ1) is 19.8. The fourth-order valence-corrected chi connectivity index (χ4v) is 4.63. The van der Waals surface area contributed by atoms with Gasteiger partial charge in [-0.25, -0.2) is 0 Å². The summed E-state index contributed by atoms with van der Waals surface area (Å²) < 4.78 is 0. The highest BCUT2D eigenvalue weighted by Gasteiger charge is 2.36. The molecule has 2 aromatic carbocycles. The van der Waals surface area contributed by atoms with Crippen molar-refractivity contribution in [3.63, 3.8) is 0 Å². The van der Waals surface area contributed by atoms with E-state index in [2.05, 4.69) is 22.3 Å². The first-order valence-corrected chi connectivity index (χ1v) is 11.4. The van der Waals surface area contributed by atoms with Crippen molar-refractivity contribution in [2.24, 2.45) is 0 Å². The van der Waals surface area contributed by atoms with Crippen LogP contribution in [0.2, 0.25) is 0 Å². The monoisotopic (exact) mass is 409 g/mol. The van der Waals surface area contributed by atoms with E-state index in [1.54, 1.807) is 23.9 Å². The molecular weight excluding hydrogens is 382 g/mol. The third kappa shape index (κ3) is 3.99. The Kier molecular flexibility index (Phi) is 5.81. The Morgan fingerprint density at radius 2 is 1.93 bits per heavy atom. The SMILES string of the molecule is CSc1ccc(CNC(=O)c2ccc3c(c2)N(C)C2CCCCCN2C3=O)cc1. The Morgan fingerprint density at radius 1 is 1.14 bits per heavy atom. The van der Waals surface area contributed by atoms with Crippen LogP contribution in [0.25, 0.3) is 0 Å². The fraction of sp³-hybridized carbons (Fsp3) is 0.391. The molecule has 2 aliphatic heterocycles. The van der Waals surface area contributed by atoms with Crippen LogP contribution in [0.1, 0.15) is 52.0 Å². The van der Waals surface area contributed by atoms with Gasteiger partial charge in [-0.05, 0) is 61.4 Å². The van der Waals surface area contributed by atoms with E-state index >= 15 is 0 Å². The average molecular weight is 410 g/mol. The summed E-state index contributed by atoms with van der Waals surface area (Å²) in [6, 6.07) is 13.6. The number of hydrogen-bond donors (Lipinski definition) is 1. The molecule has 1 unspecified atom stereocenters. The van der Waals surface area contributed by atoms with Gasteiger partial charge in [-0.2, -0.15) is 0 Å². The Morgan fingerprint density at radius 3 is 2.69 bits per heavy atom. The molecule has 1 N–H and O–H groups in total. The topological polar surface area (TPSA) is 52.7 Å². The minimum atomic E-state index is -0.120. The zero-order valence-corrected chi connectivity index (χ0v) is 17.8. The standard InChI is InChI=1S/C23H27N3O2S/c1-25-20-14-17(22(27)24-15-16-7-10-18(29-2)11-8-16)9-12-19(20)23(28)26-13-5-3-4-6-21(25)26/h7-12,14,21H,3-6,13,15H2,1-2H3,(H,24,27). The summed E-state index contributed by atoms with van der Waals surface area (Å²) in [6.07, 6.45) is 6.46. The van der Waals surface area contributed by atoms with Gasteiger partial charge < -0.3 is 15.1 Å². The maximum Gasteiger partial charge on any atom is 0.257 e. The lowest BCUT2D eigenvalue weighted by molar-refractivity contribution is 0.0661. The molecule has 152 valence electrons. The third-order valence-electron chi connectivity index (χ3n) is 5.91. The van der Waals surface area contributed by atoms with Gasteiger partial charge in [-0.3, -0.25) is 9.59 Å². The van der Waals surface area contributed by atoms with Gasteiger partial charge in [0.1, 0.15) is 6.17 Å². The number of anilines is 1. The molecule has 6 heteroatoms. The maximum atomic E-state index is 13.0. The lowest BCUT2D eigenvalue weighted by atomic mass is 10.0. The number of amides is 2. The van der Waals surface area contributed by atoms with Gasteiger partial charge >= 0.3 is 0 Å². The lowest BCUT2D eigenvalue weighted by Crippen LogP contribution is -2.53. The molecule has 0 spiro atoms. The number of rotatable bonds is 4. The molecule has 4 rings (SSSR count). The van der Waals surface area contributed by atoms with Gasteiger partial charge in [-0.1, -0.05) is 18.6 Å². The van der Waals surface area contributed by atoms with Crippen LogP contribution in [-0.2, 0) is 6.54 Å². The smallest absolute Gasteiger partial charge is 0.257 e. The summed E-state index contributed by atoms with van der Waals surface area (Å²) in [5.41, 5.74) is 3.20. The van der Waals surface area contributed by atoms with Gasteiger partial charge in [0, 0.05) is 30.6 Å². The van der Waals surface area contributed by atoms with Crippen LogP contribution in [-0.4, -0.2) is 42.7 Å². The van der Waals surface area contributed by atoms with Crippen molar-refractivity contribution in [3.05, 3.63) is 59.2 Å². The molecule has 5 nitrogen and oxygen atoms in total. The molecule has 29 heavy (non-hydrogen) atoms. The zero-order chi connectivity index (χ0) is 20.4. The van der Waals surface area contributed by atoms with Crippen LogP contribution in [0.3, 0.4) is 0 Å². The largest absolute Gasteiger partial charge is 0.354 e. The summed E-state index contributed by atoms with van der Waals surface area (Å²) in [6.45, 7) is 1.29. The van der Waals surface area contributed by atoms with E-state index in [-0.39, 0.29) is 18.0 Å². The molecule has 2 aliphatic rings. The van der Waals surface area contributed by atoms with Gasteiger partial charge in [0.15, 0.2) is 0 Å². The number of benzene rings is 2. The Bertz CT molecular complexity index is 913. The van der Waals surface area contributed by atoms with Gasteiger partial charge in [0.05, 0.1) is 11.3 Å². The van der Waals surface area contributed by atoms with Crippen LogP contribution in [0, 0.1) is 0 Å². The van der Waals surface area contributed by atoms with Gasteiger partial charge in [0.2, 0.25) is 0 Å². The van der Waals surface area contributed by atoms with E-state index < -0.39 is 0 Å². The number of nitrogens with zero attached hydrogens (tertiary/aromatic N) is 2. The third-order valence-corrected chi connectivity index (χ3v) is 6.66. The predicted molar refractivity (Wildman–Crippen MR) is 118 cm³/mol. The summed E-state index contributed by atoms with van der Waals surface area (Å²) >= 11 is 1.70. The van der Waals surface area contributed by atoms with Crippen molar-refractivity contribution in [1.82, 2.24) is 10.2 Å². The first-order valence-electron chi connectivity index (χ1n) is 10.2. The molecule has 2 heterocycles. The van der Waals surface area contributed by atoms with Gasteiger partial charge in [-0.15, -0.1) is 11.8 Å². The van der Waals surface area contributed by atoms with Crippen molar-refractivity contribution >= 4 is 29.3 Å². The van der Waals surface area contributed by atoms with E-state index in [1.165, 1.54) is 4.90 Å². The summed E-state index contributed by atoms with van der Waals surface area (Å²) in [5, 5.41) is 2.99. The van der Waals surface area contributed by atoms with E-state index in [4.69, 9.17) is 0 Å². The Hall–Kier alpha value is -2.47. The molecule has 2 aromatic rings. The highest BCUT2D eigenvalue weighted by Crippen LogP contribution is 2.34. The lowest BCUT2D eigenvalue weighted by Gasteiger charge is -2.43. The number of carbonyl (C=O) groups excluding carboxylic acids is 2. The Labute approximate surface area is 176 Å². The summed E-state index contributed by atoms with van der Waals surface area (Å²) in [7, 11) is 2.03. The Balaban J connectivity index is 1.51. The minimum Gasteiger partial charge on any atom is -0.354 e. The maximum absolute atomic E-state index is 13.0. The quantitative estimate of drug-likeness (QED) is 0.772. The molecule has 0 bridgehead atoms. The van der Waals surface area contributed by atoms with Crippen molar-refractivity contribution in [3.8, 4) is 0 Å². The second-order valence-corrected chi connectivity index (χ2v) is 8.58. The molecule has 1 saturated heterocycles. The van der Waals surface area contributed by atoms with Crippen molar-refractivity contribution in [2.75, 3.05) is 24.7 Å². The highest BCUT2D eigenvalue weighted by atomic mass is 32.2. The average Bonchev–Trinajstić information content (AvgIpc) is 3.02. The zero-order valence-electron chi connectivity index (χ0n) is 17.0. The molecular formula is C23H27N3O2S. The summed E-state index contributed by atoms with van der Waals surface area (Å²) in [4.78, 5) is 31.1. The molecule has 0 aliphatic carbocycles. The van der Waals surface area contributed by atoms with E-state index in [0.717, 1.165) is 43.5 Å². The van der Waals surface area contributed by atoms with Crippen molar-refractivity contribution < 1.29 is 9.59 Å². The molecule has 1 atom stereocenters. The van der Waals surface area contributed by atoms with Gasteiger partial charge in [0.25, 0.3) is 11.8 Å². The molecule has 2 amide bonds. The molecule has 1 fully saturated rings. The first-order chi connectivity index (χ1) is 14.1. The van der Waals surface area contributed by atoms with Crippen molar-refractivity contribution in [1.29, 1.82) is 0 Å². The molecule has 0 saturated carbocycles. The van der Waals surface area contributed by atoms with E-state index in [0.29, 0.717) is 17.7 Å².